The van der Waals surface area contributed by atoms with Gasteiger partial charge in [0.25, 0.3) is 11.4 Å². The molecule has 1 aromatic rings. The maximum atomic E-state index is 15.5. The van der Waals surface area contributed by atoms with E-state index >= 15 is 4.39 Å². The molecule has 0 amide bonds. The number of rotatable bonds is 9. The van der Waals surface area contributed by atoms with Crippen LogP contribution in [0.15, 0.2) is 11.0 Å². The van der Waals surface area contributed by atoms with Crippen molar-refractivity contribution >= 4 is 35.7 Å². The van der Waals surface area contributed by atoms with Gasteiger partial charge in [-0.25, -0.2) is 18.1 Å². The number of H-pyrrole nitrogens is 1. The zero-order valence-electron chi connectivity index (χ0n) is 17.9. The van der Waals surface area contributed by atoms with Gasteiger partial charge in [-0.1, -0.05) is 0 Å². The van der Waals surface area contributed by atoms with E-state index in [1.807, 2.05) is 4.98 Å². The van der Waals surface area contributed by atoms with Crippen LogP contribution in [0, 0.1) is 4.77 Å². The van der Waals surface area contributed by atoms with Crippen LogP contribution < -0.4 is 5.56 Å². The van der Waals surface area contributed by atoms with Crippen molar-refractivity contribution in [1.29, 1.82) is 0 Å². The number of phosphoric acid groups is 3. The minimum absolute atomic E-state index is 0.283. The van der Waals surface area contributed by atoms with Gasteiger partial charge in [0.1, 0.15) is 18.8 Å². The van der Waals surface area contributed by atoms with Gasteiger partial charge in [0, 0.05) is 6.20 Å². The summed E-state index contributed by atoms with van der Waals surface area (Å²) in [6.07, 6.45) is -8.65. The molecule has 0 aliphatic carbocycles. The predicted molar refractivity (Wildman–Crippen MR) is 97.6 cm³/mol. The Morgan fingerprint density at radius 2 is 1.88 bits per heavy atom. The molecule has 1 saturated heterocycles. The first-order valence-corrected chi connectivity index (χ1v) is 12.5. The highest BCUT2D eigenvalue weighted by Gasteiger charge is 2.57. The molecule has 2 rings (SSSR count). The maximum Gasteiger partial charge on any atom is 0.490 e. The normalized spacial score (nSPS) is 34.2. The van der Waals surface area contributed by atoms with Crippen LogP contribution in [-0.2, 0) is 38.2 Å². The Hall–Kier alpha value is -0.720. The van der Waals surface area contributed by atoms with Gasteiger partial charge in [-0.05, 0) is 12.2 Å². The van der Waals surface area contributed by atoms with E-state index < -0.39 is 76.8 Å². The van der Waals surface area contributed by atoms with Crippen molar-refractivity contribution in [3.8, 4) is 0 Å². The van der Waals surface area contributed by atoms with E-state index in [9.17, 15) is 38.7 Å². The summed E-state index contributed by atoms with van der Waals surface area (Å²) in [5.74, 6) is -4.47. The second-order valence-electron chi connectivity index (χ2n) is 5.70. The number of hydrogen-bond donors (Lipinski definition) is 8. The Bertz CT molecular complexity index is 1260. The lowest BCUT2D eigenvalue weighted by Crippen LogP contribution is -2.42. The third-order valence-corrected chi connectivity index (χ3v) is 7.27. The van der Waals surface area contributed by atoms with Gasteiger partial charge in [0.05, 0.1) is 16.3 Å². The highest BCUT2D eigenvalue weighted by atomic mass is 32.1. The SMILES string of the molecule is [2H]C([2H])(OP(=O)(O)OP(=O)(O)OP(=O)(O)O)[C@@]1(F)O[C@@]([2H])(n2cc(CO)c(=O)[nH]c2=S)[C@H](O)[C@@H]1O. The Labute approximate surface area is 185 Å². The van der Waals surface area contributed by atoms with E-state index in [-0.39, 0.29) is 4.57 Å². The number of nitrogens with one attached hydrogen (secondary N) is 1. The van der Waals surface area contributed by atoms with Crippen LogP contribution >= 0.6 is 35.7 Å². The Morgan fingerprint density at radius 3 is 2.41 bits per heavy atom. The zero-order chi connectivity index (χ0) is 27.4. The Morgan fingerprint density at radius 1 is 1.28 bits per heavy atom. The summed E-state index contributed by atoms with van der Waals surface area (Å²) in [6.45, 7) is -5.40. The number of ether oxygens (including phenoxy) is 1. The van der Waals surface area contributed by atoms with E-state index in [2.05, 4.69) is 17.9 Å². The molecule has 0 saturated carbocycles. The third kappa shape index (κ3) is 6.66. The number of aliphatic hydroxyl groups is 3. The molecule has 0 aromatic carbocycles. The number of aliphatic hydroxyl groups excluding tert-OH is 3. The number of aromatic nitrogens is 2. The molecule has 32 heavy (non-hydrogen) atoms. The van der Waals surface area contributed by atoms with Crippen molar-refractivity contribution in [1.82, 2.24) is 9.55 Å². The van der Waals surface area contributed by atoms with Crippen LogP contribution in [0.1, 0.15) is 15.9 Å². The van der Waals surface area contributed by atoms with E-state index in [0.717, 1.165) is 0 Å². The van der Waals surface area contributed by atoms with Crippen LogP contribution in [-0.4, -0.2) is 69.1 Å². The van der Waals surface area contributed by atoms with Crippen LogP contribution in [0.25, 0.3) is 0 Å². The first-order chi connectivity index (χ1) is 15.5. The lowest BCUT2D eigenvalue weighted by Gasteiger charge is -2.24. The van der Waals surface area contributed by atoms with Gasteiger partial charge < -0.3 is 39.6 Å². The Kier molecular flexibility index (Phi) is 6.84. The van der Waals surface area contributed by atoms with Crippen molar-refractivity contribution < 1.29 is 75.0 Å². The van der Waals surface area contributed by atoms with Crippen LogP contribution in [0.5, 0.6) is 0 Å². The number of aromatic amines is 1. The number of alkyl halides is 1. The molecule has 1 aliphatic rings. The summed E-state index contributed by atoms with van der Waals surface area (Å²) >= 11 is 4.75. The minimum Gasteiger partial charge on any atom is -0.391 e. The van der Waals surface area contributed by atoms with Crippen molar-refractivity contribution in [2.75, 3.05) is 6.56 Å². The molecule has 22 heteroatoms. The molecule has 2 unspecified atom stereocenters. The van der Waals surface area contributed by atoms with Crippen molar-refractivity contribution in [3.63, 3.8) is 0 Å². The fourth-order valence-electron chi connectivity index (χ4n) is 2.09. The van der Waals surface area contributed by atoms with Gasteiger partial charge in [0.2, 0.25) is 0 Å². The third-order valence-electron chi connectivity index (χ3n) is 3.33. The van der Waals surface area contributed by atoms with Crippen molar-refractivity contribution in [2.45, 2.75) is 30.9 Å². The molecule has 1 aliphatic heterocycles. The van der Waals surface area contributed by atoms with Crippen molar-refractivity contribution in [3.05, 3.63) is 26.9 Å². The summed E-state index contributed by atoms with van der Waals surface area (Å²) in [5.41, 5.74) is -1.48. The molecule has 0 bridgehead atoms. The highest BCUT2D eigenvalue weighted by Crippen LogP contribution is 2.66. The summed E-state index contributed by atoms with van der Waals surface area (Å²) in [7, 11) is -18.3. The molecule has 17 nitrogen and oxygen atoms in total. The first kappa shape index (κ1) is 23.0. The summed E-state index contributed by atoms with van der Waals surface area (Å²) in [4.78, 5) is 49.2. The van der Waals surface area contributed by atoms with Crippen LogP contribution in [0.3, 0.4) is 0 Å². The topological polar surface area (TPSA) is 268 Å². The summed E-state index contributed by atoms with van der Waals surface area (Å²) in [6, 6.07) is 0. The van der Waals surface area contributed by atoms with Crippen molar-refractivity contribution in [2.24, 2.45) is 0 Å². The predicted octanol–water partition coefficient (Wildman–Crippen LogP) is -1.34. The second-order valence-corrected chi connectivity index (χ2v) is 10.4. The molecular formula is C10H16FN2O15P3S. The van der Waals surface area contributed by atoms with E-state index in [1.54, 1.807) is 0 Å². The van der Waals surface area contributed by atoms with Crippen LogP contribution in [0.2, 0.25) is 0 Å². The lowest BCUT2D eigenvalue weighted by atomic mass is 10.1. The van der Waals surface area contributed by atoms with E-state index in [1.165, 1.54) is 0 Å². The Balaban J connectivity index is 2.46. The van der Waals surface area contributed by atoms with E-state index in [0.29, 0.717) is 6.20 Å². The number of phosphoric ester groups is 1. The fraction of sp³-hybridized carbons (Fsp3) is 0.600. The average molecular weight is 551 g/mol. The lowest BCUT2D eigenvalue weighted by molar-refractivity contribution is -0.204. The monoisotopic (exact) mass is 551 g/mol. The van der Waals surface area contributed by atoms with Gasteiger partial charge in [0.15, 0.2) is 11.0 Å². The fourth-order valence-corrected chi connectivity index (χ4v) is 5.20. The molecule has 6 atom stereocenters. The number of nitrogens with zero attached hydrogens (tertiary/aromatic N) is 1. The quantitative estimate of drug-likeness (QED) is 0.130. The molecule has 8 N–H and O–H groups in total. The van der Waals surface area contributed by atoms with Gasteiger partial charge in [-0.2, -0.15) is 8.62 Å². The van der Waals surface area contributed by atoms with Gasteiger partial charge in [-0.3, -0.25) is 18.9 Å². The average Bonchev–Trinajstić information content (AvgIpc) is 2.79. The second kappa shape index (κ2) is 9.50. The molecule has 0 radical (unpaired) electrons. The smallest absolute Gasteiger partial charge is 0.391 e. The van der Waals surface area contributed by atoms with Gasteiger partial charge in [-0.15, -0.1) is 0 Å². The molecule has 1 aromatic heterocycles. The summed E-state index contributed by atoms with van der Waals surface area (Å²) in [5, 5.41) is 29.5. The largest absolute Gasteiger partial charge is 0.490 e. The maximum absolute atomic E-state index is 15.5. The molecular weight excluding hydrogens is 532 g/mol. The molecule has 1 fully saturated rings. The minimum atomic E-state index is -6.34. The number of halogens is 1. The van der Waals surface area contributed by atoms with Crippen LogP contribution in [0.4, 0.5) is 4.39 Å². The number of hydrogen-bond acceptors (Lipinski definition) is 12. The van der Waals surface area contributed by atoms with Gasteiger partial charge >= 0.3 is 23.5 Å². The highest BCUT2D eigenvalue weighted by molar-refractivity contribution is 7.71. The standard InChI is InChI=1S/C10H16FN2O15P3S/c11-10(3-25-30(21,22)28-31(23,24)27-29(18,19)20)6(16)5(15)8(26-10)13-1-4(2-14)7(17)12-9(13)32/h1,5-6,8,14-16H,2-3H2,(H,21,22)(H,23,24)(H,12,17,32)(H2,18,19,20)/t5-,6+,8-,10-/m1/s1/i3D2,8D. The zero-order valence-corrected chi connectivity index (χ0v) is 18.4. The van der Waals surface area contributed by atoms with E-state index in [4.69, 9.17) is 31.0 Å². The molecule has 2 heterocycles. The summed E-state index contributed by atoms with van der Waals surface area (Å²) < 4.78 is 87.3. The first-order valence-electron chi connectivity index (χ1n) is 9.06. The molecule has 184 valence electrons. The molecule has 0 spiro atoms.